The Labute approximate surface area is 112 Å². The molecule has 1 aromatic heterocycles. The summed E-state index contributed by atoms with van der Waals surface area (Å²) in [6.07, 6.45) is 2.04. The molecule has 0 radical (unpaired) electrons. The summed E-state index contributed by atoms with van der Waals surface area (Å²) in [6.45, 7) is 3.22. The summed E-state index contributed by atoms with van der Waals surface area (Å²) in [5.41, 5.74) is 0.611. The number of hydrogen-bond donors (Lipinski definition) is 2. The predicted octanol–water partition coefficient (Wildman–Crippen LogP) is 1.34. The number of rotatable bonds is 9. The predicted molar refractivity (Wildman–Crippen MR) is 71.2 cm³/mol. The first-order chi connectivity index (χ1) is 8.60. The van der Waals surface area contributed by atoms with Crippen LogP contribution in [0.1, 0.15) is 25.3 Å². The van der Waals surface area contributed by atoms with Gasteiger partial charge in [-0.25, -0.2) is 13.1 Å². The van der Waals surface area contributed by atoms with E-state index in [2.05, 4.69) is 11.6 Å². The first-order valence-electron chi connectivity index (χ1n) is 5.86. The van der Waals surface area contributed by atoms with E-state index in [4.69, 9.17) is 9.84 Å². The average molecular weight is 293 g/mol. The van der Waals surface area contributed by atoms with Crippen LogP contribution in [-0.2, 0) is 21.4 Å². The molecule has 0 unspecified atom stereocenters. The summed E-state index contributed by atoms with van der Waals surface area (Å²) in [5.74, 6) is 0. The minimum atomic E-state index is -3.46. The van der Waals surface area contributed by atoms with E-state index in [1.54, 1.807) is 5.38 Å². The van der Waals surface area contributed by atoms with E-state index in [1.165, 1.54) is 6.07 Å². The average Bonchev–Trinajstić information content (AvgIpc) is 2.83. The van der Waals surface area contributed by atoms with Crippen molar-refractivity contribution in [2.75, 3.05) is 19.8 Å². The van der Waals surface area contributed by atoms with E-state index in [1.807, 2.05) is 0 Å². The van der Waals surface area contributed by atoms with Gasteiger partial charge in [-0.05, 0) is 23.4 Å². The van der Waals surface area contributed by atoms with Gasteiger partial charge in [-0.2, -0.15) is 0 Å². The molecule has 2 N–H and O–H groups in total. The smallest absolute Gasteiger partial charge is 0.250 e. The van der Waals surface area contributed by atoms with Crippen molar-refractivity contribution in [2.24, 2.45) is 0 Å². The molecule has 7 heteroatoms. The summed E-state index contributed by atoms with van der Waals surface area (Å²) in [5, 5.41) is 10.5. The molecule has 1 rings (SSSR count). The standard InChI is InChI=1S/C11H19NO4S2/c1-2-3-5-16-6-4-12-18(14,15)11-7-10(8-13)9-17-11/h7,9,12-13H,2-6,8H2,1H3. The van der Waals surface area contributed by atoms with Crippen LogP contribution in [0.15, 0.2) is 15.7 Å². The Bertz CT molecular complexity index is 442. The molecule has 0 bridgehead atoms. The van der Waals surface area contributed by atoms with Gasteiger partial charge in [0.2, 0.25) is 10.0 Å². The highest BCUT2D eigenvalue weighted by Gasteiger charge is 2.15. The maximum absolute atomic E-state index is 11.8. The van der Waals surface area contributed by atoms with E-state index >= 15 is 0 Å². The number of sulfonamides is 1. The Kier molecular flexibility index (Phi) is 6.80. The lowest BCUT2D eigenvalue weighted by Gasteiger charge is -2.05. The Morgan fingerprint density at radius 2 is 2.22 bits per heavy atom. The molecule has 0 amide bonds. The highest BCUT2D eigenvalue weighted by Crippen LogP contribution is 2.19. The van der Waals surface area contributed by atoms with E-state index in [0.717, 1.165) is 24.2 Å². The molecule has 1 aromatic rings. The molecular formula is C11H19NO4S2. The second kappa shape index (κ2) is 7.85. The van der Waals surface area contributed by atoms with Gasteiger partial charge in [-0.3, -0.25) is 0 Å². The highest BCUT2D eigenvalue weighted by molar-refractivity contribution is 7.91. The normalized spacial score (nSPS) is 11.9. The summed E-state index contributed by atoms with van der Waals surface area (Å²) in [4.78, 5) is 0. The molecule has 0 atom stereocenters. The van der Waals surface area contributed by atoms with Gasteiger partial charge in [0.1, 0.15) is 4.21 Å². The van der Waals surface area contributed by atoms with Gasteiger partial charge in [0.15, 0.2) is 0 Å². The number of aliphatic hydroxyl groups is 1. The van der Waals surface area contributed by atoms with Crippen LogP contribution in [0.3, 0.4) is 0 Å². The number of ether oxygens (including phenoxy) is 1. The molecule has 104 valence electrons. The zero-order valence-corrected chi connectivity index (χ0v) is 12.0. The van der Waals surface area contributed by atoms with Gasteiger partial charge < -0.3 is 9.84 Å². The van der Waals surface area contributed by atoms with E-state index in [9.17, 15) is 8.42 Å². The molecule has 0 spiro atoms. The van der Waals surface area contributed by atoms with Gasteiger partial charge in [0.05, 0.1) is 13.2 Å². The Morgan fingerprint density at radius 1 is 1.44 bits per heavy atom. The third-order valence-electron chi connectivity index (χ3n) is 2.26. The van der Waals surface area contributed by atoms with Crippen LogP contribution in [-0.4, -0.2) is 33.3 Å². The van der Waals surface area contributed by atoms with Crippen molar-refractivity contribution < 1.29 is 18.3 Å². The van der Waals surface area contributed by atoms with Crippen molar-refractivity contribution in [1.82, 2.24) is 4.72 Å². The van der Waals surface area contributed by atoms with E-state index in [0.29, 0.717) is 18.8 Å². The Hall–Kier alpha value is -0.470. The van der Waals surface area contributed by atoms with Crippen LogP contribution in [0.5, 0.6) is 0 Å². The molecule has 0 aliphatic rings. The van der Waals surface area contributed by atoms with E-state index in [-0.39, 0.29) is 17.4 Å². The number of aliphatic hydroxyl groups excluding tert-OH is 1. The molecule has 1 heterocycles. The Balaban J connectivity index is 2.36. The second-order valence-electron chi connectivity index (χ2n) is 3.80. The molecule has 0 aromatic carbocycles. The minimum Gasteiger partial charge on any atom is -0.392 e. The Morgan fingerprint density at radius 3 is 2.83 bits per heavy atom. The number of hydrogen-bond acceptors (Lipinski definition) is 5. The van der Waals surface area contributed by atoms with E-state index < -0.39 is 10.0 Å². The first kappa shape index (κ1) is 15.6. The van der Waals surface area contributed by atoms with Crippen LogP contribution < -0.4 is 4.72 Å². The van der Waals surface area contributed by atoms with Crippen LogP contribution in [0, 0.1) is 0 Å². The van der Waals surface area contributed by atoms with Crippen LogP contribution in [0.25, 0.3) is 0 Å². The number of unbranched alkanes of at least 4 members (excludes halogenated alkanes) is 1. The maximum Gasteiger partial charge on any atom is 0.250 e. The van der Waals surface area contributed by atoms with Crippen molar-refractivity contribution in [1.29, 1.82) is 0 Å². The molecule has 0 aliphatic carbocycles. The lowest BCUT2D eigenvalue weighted by Crippen LogP contribution is -2.27. The monoisotopic (exact) mass is 293 g/mol. The molecule has 0 saturated carbocycles. The molecule has 5 nitrogen and oxygen atoms in total. The SMILES string of the molecule is CCCCOCCNS(=O)(=O)c1cc(CO)cs1. The van der Waals surface area contributed by atoms with Gasteiger partial charge in [0, 0.05) is 13.2 Å². The van der Waals surface area contributed by atoms with Crippen LogP contribution in [0.2, 0.25) is 0 Å². The van der Waals surface area contributed by atoms with Gasteiger partial charge in [-0.1, -0.05) is 13.3 Å². The third-order valence-corrected chi connectivity index (χ3v) is 5.21. The molecule has 18 heavy (non-hydrogen) atoms. The molecule has 0 saturated heterocycles. The topological polar surface area (TPSA) is 75.6 Å². The largest absolute Gasteiger partial charge is 0.392 e. The first-order valence-corrected chi connectivity index (χ1v) is 8.22. The van der Waals surface area contributed by atoms with Gasteiger partial charge >= 0.3 is 0 Å². The van der Waals surface area contributed by atoms with Crippen molar-refractivity contribution in [3.05, 3.63) is 17.0 Å². The fourth-order valence-electron chi connectivity index (χ4n) is 1.24. The molecule has 0 fully saturated rings. The summed E-state index contributed by atoms with van der Waals surface area (Å²) >= 11 is 1.10. The van der Waals surface area contributed by atoms with Gasteiger partial charge in [0.25, 0.3) is 0 Å². The van der Waals surface area contributed by atoms with Crippen LogP contribution in [0.4, 0.5) is 0 Å². The van der Waals surface area contributed by atoms with Crippen LogP contribution >= 0.6 is 11.3 Å². The number of nitrogens with one attached hydrogen (secondary N) is 1. The molecular weight excluding hydrogens is 274 g/mol. The highest BCUT2D eigenvalue weighted by atomic mass is 32.2. The third kappa shape index (κ3) is 5.03. The summed E-state index contributed by atoms with van der Waals surface area (Å²) in [6, 6.07) is 1.48. The van der Waals surface area contributed by atoms with Crippen molar-refractivity contribution in [2.45, 2.75) is 30.6 Å². The zero-order chi connectivity index (χ0) is 13.4. The molecule has 0 aliphatic heterocycles. The minimum absolute atomic E-state index is 0.147. The second-order valence-corrected chi connectivity index (χ2v) is 6.70. The van der Waals surface area contributed by atoms with Gasteiger partial charge in [-0.15, -0.1) is 11.3 Å². The lowest BCUT2D eigenvalue weighted by molar-refractivity contribution is 0.136. The quantitative estimate of drug-likeness (QED) is 0.674. The van der Waals surface area contributed by atoms with Crippen molar-refractivity contribution in [3.8, 4) is 0 Å². The zero-order valence-electron chi connectivity index (χ0n) is 10.4. The van der Waals surface area contributed by atoms with Crippen molar-refractivity contribution >= 4 is 21.4 Å². The lowest BCUT2D eigenvalue weighted by atomic mass is 10.4. The summed E-state index contributed by atoms with van der Waals surface area (Å²) in [7, 11) is -3.46. The summed E-state index contributed by atoms with van der Waals surface area (Å²) < 4.78 is 31.6. The maximum atomic E-state index is 11.8. The fourth-order valence-corrected chi connectivity index (χ4v) is 3.50. The fraction of sp³-hybridized carbons (Fsp3) is 0.636. The van der Waals surface area contributed by atoms with Crippen molar-refractivity contribution in [3.63, 3.8) is 0 Å². The number of thiophene rings is 1.